The van der Waals surface area contributed by atoms with Gasteiger partial charge in [0.25, 0.3) is 0 Å². The van der Waals surface area contributed by atoms with Crippen LogP contribution in [-0.4, -0.2) is 59.3 Å². The summed E-state index contributed by atoms with van der Waals surface area (Å²) in [6.07, 6.45) is 2.63. The summed E-state index contributed by atoms with van der Waals surface area (Å²) in [5.74, 6) is 1.21. The lowest BCUT2D eigenvalue weighted by Gasteiger charge is -2.50. The van der Waals surface area contributed by atoms with Gasteiger partial charge in [0, 0.05) is 34.2 Å². The second kappa shape index (κ2) is 10.1. The van der Waals surface area contributed by atoms with Crippen LogP contribution in [0.1, 0.15) is 81.1 Å². The van der Waals surface area contributed by atoms with E-state index in [-0.39, 0.29) is 12.1 Å². The summed E-state index contributed by atoms with van der Waals surface area (Å²) >= 11 is 0. The number of hydrogen-bond donors (Lipinski definition) is 4. The van der Waals surface area contributed by atoms with Gasteiger partial charge in [0.15, 0.2) is 0 Å². The average molecular weight is 526 g/mol. The smallest absolute Gasteiger partial charge is 0.248 e. The van der Waals surface area contributed by atoms with E-state index in [1.54, 1.807) is 0 Å². The van der Waals surface area contributed by atoms with Gasteiger partial charge >= 0.3 is 0 Å². The normalized spacial score (nSPS) is 23.5. The molecule has 11 nitrogen and oxygen atoms in total. The highest BCUT2D eigenvalue weighted by atomic mass is 16.5. The predicted molar refractivity (Wildman–Crippen MR) is 148 cm³/mol. The molecule has 0 spiro atoms. The van der Waals surface area contributed by atoms with Gasteiger partial charge in [-0.1, -0.05) is 18.2 Å². The average Bonchev–Trinajstić information content (AvgIpc) is 2.79. The van der Waals surface area contributed by atoms with Crippen LogP contribution in [0.15, 0.2) is 30.3 Å². The Kier molecular flexibility index (Phi) is 7.52. The van der Waals surface area contributed by atoms with Crippen LogP contribution >= 0.6 is 0 Å². The Morgan fingerprint density at radius 2 is 0.974 bits per heavy atom. The largest absolute Gasteiger partial charge is 0.351 e. The Bertz CT molecular complexity index is 1010. The van der Waals surface area contributed by atoms with Crippen molar-refractivity contribution in [2.24, 2.45) is 0 Å². The van der Waals surface area contributed by atoms with Crippen LogP contribution in [0.3, 0.4) is 0 Å². The number of nitrogens with zero attached hydrogens (tertiary/aromatic N) is 5. The van der Waals surface area contributed by atoms with Crippen LogP contribution in [0.5, 0.6) is 0 Å². The van der Waals surface area contributed by atoms with Crippen molar-refractivity contribution in [2.45, 2.75) is 115 Å². The summed E-state index contributed by atoms with van der Waals surface area (Å²) in [4.78, 5) is 14.0. The summed E-state index contributed by atoms with van der Waals surface area (Å²) in [7, 11) is 0. The molecular formula is C27H43N9O2. The number of hydrazine groups is 1. The number of piperidine rings is 2. The second-order valence-corrected chi connectivity index (χ2v) is 13.3. The molecule has 0 unspecified atom stereocenters. The van der Waals surface area contributed by atoms with Crippen LogP contribution in [-0.2, 0) is 10.4 Å². The zero-order chi connectivity index (χ0) is 27.9. The molecule has 2 saturated heterocycles. The lowest BCUT2D eigenvalue weighted by molar-refractivity contribution is -0.288. The number of benzene rings is 1. The standard InChI is InChI=1S/C27H43N9O2/c1-24(2)14-19(15-25(3,4)35(24)37)28-21-30-22(29-20-16-26(5,6)36(38)27(7,8)17-20)32-23(31-21)34-33-18-12-10-9-11-13-18/h9-13,19-20,33H,14-17H2,1-8H3,(H3,28,29,30,31,32,34). The molecule has 0 aliphatic carbocycles. The van der Waals surface area contributed by atoms with E-state index < -0.39 is 22.2 Å². The highest BCUT2D eigenvalue weighted by Gasteiger charge is 2.47. The number of aromatic nitrogens is 3. The number of anilines is 4. The Hall–Kier alpha value is -2.73. The first kappa shape index (κ1) is 28.3. The summed E-state index contributed by atoms with van der Waals surface area (Å²) in [6, 6.07) is 9.73. The Labute approximate surface area is 226 Å². The third-order valence-electron chi connectivity index (χ3n) is 7.58. The van der Waals surface area contributed by atoms with Crippen molar-refractivity contribution in [1.29, 1.82) is 0 Å². The fourth-order valence-electron chi connectivity index (χ4n) is 6.31. The first-order valence-corrected chi connectivity index (χ1v) is 13.4. The molecule has 2 fully saturated rings. The molecule has 1 aromatic heterocycles. The summed E-state index contributed by atoms with van der Waals surface area (Å²) in [5.41, 5.74) is 5.01. The topological polar surface area (TPSA) is 133 Å². The maximum absolute atomic E-state index is 12.8. The molecule has 2 aromatic rings. The number of hydroxylamine groups is 4. The molecule has 1 aromatic carbocycles. The van der Waals surface area contributed by atoms with E-state index in [9.17, 15) is 10.4 Å². The van der Waals surface area contributed by atoms with Crippen LogP contribution in [0, 0.1) is 0 Å². The van der Waals surface area contributed by atoms with Gasteiger partial charge in [-0.05, 0) is 93.2 Å². The molecule has 11 heteroatoms. The molecule has 38 heavy (non-hydrogen) atoms. The fraction of sp³-hybridized carbons (Fsp3) is 0.667. The van der Waals surface area contributed by atoms with Crippen molar-refractivity contribution < 1.29 is 10.4 Å². The first-order chi connectivity index (χ1) is 17.6. The van der Waals surface area contributed by atoms with Gasteiger partial charge in [-0.25, -0.2) is 0 Å². The van der Waals surface area contributed by atoms with Gasteiger partial charge in [0.05, 0.1) is 5.69 Å². The van der Waals surface area contributed by atoms with E-state index in [4.69, 9.17) is 4.98 Å². The molecule has 3 heterocycles. The van der Waals surface area contributed by atoms with Crippen molar-refractivity contribution in [1.82, 2.24) is 25.1 Å². The third-order valence-corrected chi connectivity index (χ3v) is 7.58. The minimum absolute atomic E-state index is 0.0111. The van der Waals surface area contributed by atoms with E-state index >= 15 is 0 Å². The molecule has 4 N–H and O–H groups in total. The Morgan fingerprint density at radius 1 is 0.605 bits per heavy atom. The highest BCUT2D eigenvalue weighted by Crippen LogP contribution is 2.39. The van der Waals surface area contributed by atoms with Crippen LogP contribution < -0.4 is 21.5 Å². The van der Waals surface area contributed by atoms with Crippen molar-refractivity contribution >= 4 is 23.5 Å². The van der Waals surface area contributed by atoms with Gasteiger partial charge in [0.2, 0.25) is 17.8 Å². The second-order valence-electron chi connectivity index (χ2n) is 13.3. The van der Waals surface area contributed by atoms with Gasteiger partial charge < -0.3 is 10.6 Å². The summed E-state index contributed by atoms with van der Waals surface area (Å²) in [5, 5.41) is 35.0. The minimum atomic E-state index is -0.521. The van der Waals surface area contributed by atoms with E-state index in [2.05, 4.69) is 31.5 Å². The first-order valence-electron chi connectivity index (χ1n) is 13.4. The zero-order valence-corrected chi connectivity index (χ0v) is 23.9. The van der Waals surface area contributed by atoms with Crippen molar-refractivity contribution in [3.05, 3.63) is 30.3 Å². The number of para-hydroxylation sites is 1. The van der Waals surface area contributed by atoms with Gasteiger partial charge in [-0.2, -0.15) is 15.0 Å². The summed E-state index contributed by atoms with van der Waals surface area (Å²) in [6.45, 7) is 15.8. The molecule has 4 rings (SSSR count). The molecule has 0 atom stereocenters. The lowest BCUT2D eigenvalue weighted by atomic mass is 9.79. The maximum Gasteiger partial charge on any atom is 0.248 e. The maximum atomic E-state index is 12.8. The molecule has 2 aliphatic heterocycles. The van der Waals surface area contributed by atoms with E-state index in [1.165, 1.54) is 10.1 Å². The molecular weight excluding hydrogens is 482 g/mol. The van der Waals surface area contributed by atoms with Crippen molar-refractivity contribution in [3.8, 4) is 0 Å². The molecule has 2 radical (unpaired) electrons. The number of hydrogen-bond acceptors (Lipinski definition) is 9. The Morgan fingerprint density at radius 3 is 1.37 bits per heavy atom. The molecule has 0 bridgehead atoms. The Balaban J connectivity index is 1.58. The lowest BCUT2D eigenvalue weighted by Crippen LogP contribution is -2.60. The third kappa shape index (κ3) is 6.28. The minimum Gasteiger partial charge on any atom is -0.351 e. The molecule has 2 aliphatic rings. The number of rotatable bonds is 7. The van der Waals surface area contributed by atoms with Gasteiger partial charge in [-0.15, -0.1) is 20.5 Å². The summed E-state index contributed by atoms with van der Waals surface area (Å²) < 4.78 is 0. The van der Waals surface area contributed by atoms with Crippen LogP contribution in [0.25, 0.3) is 0 Å². The highest BCUT2D eigenvalue weighted by molar-refractivity contribution is 5.50. The molecule has 0 saturated carbocycles. The van der Waals surface area contributed by atoms with Crippen LogP contribution in [0.2, 0.25) is 0 Å². The van der Waals surface area contributed by atoms with Crippen molar-refractivity contribution in [3.63, 3.8) is 0 Å². The zero-order valence-electron chi connectivity index (χ0n) is 23.9. The number of nitrogens with one attached hydrogen (secondary N) is 4. The predicted octanol–water partition coefficient (Wildman–Crippen LogP) is 4.87. The van der Waals surface area contributed by atoms with E-state index in [0.29, 0.717) is 43.5 Å². The quantitative estimate of drug-likeness (QED) is 0.374. The fourth-order valence-corrected chi connectivity index (χ4v) is 6.31. The van der Waals surface area contributed by atoms with E-state index in [0.717, 1.165) is 5.69 Å². The van der Waals surface area contributed by atoms with Gasteiger partial charge in [-0.3, -0.25) is 10.9 Å². The molecule has 0 amide bonds. The SMILES string of the molecule is CC1(C)CC(Nc2nc(NNc3ccccc3)nc(NC3CC(C)(C)N([O])C(C)(C)C3)n2)CC(C)(C)N1[O]. The van der Waals surface area contributed by atoms with Crippen LogP contribution in [0.4, 0.5) is 23.5 Å². The van der Waals surface area contributed by atoms with Gasteiger partial charge in [0.1, 0.15) is 0 Å². The monoisotopic (exact) mass is 525 g/mol. The van der Waals surface area contributed by atoms with Crippen molar-refractivity contribution in [2.75, 3.05) is 21.5 Å². The molecule has 208 valence electrons. The van der Waals surface area contributed by atoms with E-state index in [1.807, 2.05) is 85.7 Å².